The molecular formula is C13H14BrNO2S2. The van der Waals surface area contributed by atoms with Gasteiger partial charge in [-0.05, 0) is 48.8 Å². The standard InChI is InChI=1S/C13H14BrNO2S2/c1-4-17-12(16)13(2,3)9-7-18-11(15-9)8-5-6-10(14)19-8/h5-7H,4H2,1-3H3. The predicted molar refractivity (Wildman–Crippen MR) is 82.8 cm³/mol. The molecule has 0 radical (unpaired) electrons. The number of hydrogen-bond donors (Lipinski definition) is 0. The number of carbonyl (C=O) groups excluding carboxylic acids is 1. The molecule has 2 heterocycles. The lowest BCUT2D eigenvalue weighted by atomic mass is 9.90. The third-order valence-electron chi connectivity index (χ3n) is 2.71. The van der Waals surface area contributed by atoms with Gasteiger partial charge in [-0.3, -0.25) is 4.79 Å². The van der Waals surface area contributed by atoms with E-state index in [0.717, 1.165) is 19.4 Å². The second-order valence-electron chi connectivity index (χ2n) is 4.49. The summed E-state index contributed by atoms with van der Waals surface area (Å²) in [4.78, 5) is 17.6. The monoisotopic (exact) mass is 359 g/mol. The number of hydrogen-bond acceptors (Lipinski definition) is 5. The Balaban J connectivity index is 2.28. The lowest BCUT2D eigenvalue weighted by Gasteiger charge is -2.19. The summed E-state index contributed by atoms with van der Waals surface area (Å²) in [6.45, 7) is 5.88. The predicted octanol–water partition coefficient (Wildman–Crippen LogP) is 4.47. The average molecular weight is 360 g/mol. The van der Waals surface area contributed by atoms with Crippen molar-refractivity contribution in [3.8, 4) is 9.88 Å². The van der Waals surface area contributed by atoms with Crippen LogP contribution in [0.3, 0.4) is 0 Å². The summed E-state index contributed by atoms with van der Waals surface area (Å²) >= 11 is 6.62. The number of aromatic nitrogens is 1. The topological polar surface area (TPSA) is 39.2 Å². The largest absolute Gasteiger partial charge is 0.465 e. The van der Waals surface area contributed by atoms with Crippen LogP contribution in [0.5, 0.6) is 0 Å². The molecule has 0 saturated carbocycles. The van der Waals surface area contributed by atoms with Crippen LogP contribution in [0, 0.1) is 0 Å². The van der Waals surface area contributed by atoms with E-state index in [9.17, 15) is 4.79 Å². The lowest BCUT2D eigenvalue weighted by Crippen LogP contribution is -2.31. The van der Waals surface area contributed by atoms with E-state index in [1.54, 1.807) is 22.7 Å². The van der Waals surface area contributed by atoms with Crippen LogP contribution in [-0.2, 0) is 14.9 Å². The van der Waals surface area contributed by atoms with Gasteiger partial charge in [0.05, 0.1) is 21.0 Å². The highest BCUT2D eigenvalue weighted by Crippen LogP contribution is 2.35. The van der Waals surface area contributed by atoms with Gasteiger partial charge in [-0.15, -0.1) is 22.7 Å². The third kappa shape index (κ3) is 3.07. The highest BCUT2D eigenvalue weighted by molar-refractivity contribution is 9.11. The molecule has 0 unspecified atom stereocenters. The molecule has 0 atom stereocenters. The Morgan fingerprint density at radius 2 is 2.21 bits per heavy atom. The van der Waals surface area contributed by atoms with Crippen molar-refractivity contribution < 1.29 is 9.53 Å². The van der Waals surface area contributed by atoms with Crippen LogP contribution in [0.4, 0.5) is 0 Å². The minimum absolute atomic E-state index is 0.237. The van der Waals surface area contributed by atoms with Gasteiger partial charge in [0.2, 0.25) is 0 Å². The van der Waals surface area contributed by atoms with E-state index >= 15 is 0 Å². The number of thiophene rings is 1. The molecule has 19 heavy (non-hydrogen) atoms. The first-order valence-electron chi connectivity index (χ1n) is 5.84. The first-order chi connectivity index (χ1) is 8.95. The second-order valence-corrected chi connectivity index (χ2v) is 7.81. The van der Waals surface area contributed by atoms with E-state index in [1.807, 2.05) is 38.3 Å². The number of ether oxygens (including phenoxy) is 1. The van der Waals surface area contributed by atoms with Crippen molar-refractivity contribution in [1.29, 1.82) is 0 Å². The van der Waals surface area contributed by atoms with Crippen LogP contribution in [0.1, 0.15) is 26.5 Å². The summed E-state index contributed by atoms with van der Waals surface area (Å²) in [5, 5.41) is 2.86. The molecule has 0 aliphatic heterocycles. The summed E-state index contributed by atoms with van der Waals surface area (Å²) < 4.78 is 6.17. The molecule has 6 heteroatoms. The zero-order valence-corrected chi connectivity index (χ0v) is 14.1. The molecule has 0 aliphatic carbocycles. The van der Waals surface area contributed by atoms with Gasteiger partial charge in [0.15, 0.2) is 0 Å². The Labute approximate surface area is 128 Å². The maximum Gasteiger partial charge on any atom is 0.317 e. The minimum atomic E-state index is -0.709. The van der Waals surface area contributed by atoms with Gasteiger partial charge >= 0.3 is 5.97 Å². The Kier molecular flexibility index (Phi) is 4.43. The summed E-state index contributed by atoms with van der Waals surface area (Å²) in [7, 11) is 0. The highest BCUT2D eigenvalue weighted by atomic mass is 79.9. The van der Waals surface area contributed by atoms with Crippen LogP contribution in [0.25, 0.3) is 9.88 Å². The molecule has 3 nitrogen and oxygen atoms in total. The van der Waals surface area contributed by atoms with E-state index in [2.05, 4.69) is 20.9 Å². The van der Waals surface area contributed by atoms with Gasteiger partial charge in [0.1, 0.15) is 10.4 Å². The van der Waals surface area contributed by atoms with Gasteiger partial charge in [-0.1, -0.05) is 0 Å². The van der Waals surface area contributed by atoms with Gasteiger partial charge in [0.25, 0.3) is 0 Å². The molecule has 2 aromatic rings. The molecule has 2 rings (SSSR count). The molecule has 0 amide bonds. The number of halogens is 1. The van der Waals surface area contributed by atoms with Crippen molar-refractivity contribution in [1.82, 2.24) is 4.98 Å². The minimum Gasteiger partial charge on any atom is -0.465 e. The molecule has 102 valence electrons. The molecule has 2 aromatic heterocycles. The van der Waals surface area contributed by atoms with E-state index in [4.69, 9.17) is 4.74 Å². The summed E-state index contributed by atoms with van der Waals surface area (Å²) in [6.07, 6.45) is 0. The quantitative estimate of drug-likeness (QED) is 0.755. The van der Waals surface area contributed by atoms with Gasteiger partial charge in [0, 0.05) is 5.38 Å². The zero-order valence-electron chi connectivity index (χ0n) is 10.9. The Morgan fingerprint density at radius 1 is 1.47 bits per heavy atom. The normalized spacial score (nSPS) is 11.6. The van der Waals surface area contributed by atoms with Crippen LogP contribution in [0.15, 0.2) is 21.3 Å². The van der Waals surface area contributed by atoms with Crippen molar-refractivity contribution in [3.63, 3.8) is 0 Å². The van der Waals surface area contributed by atoms with Crippen LogP contribution in [0.2, 0.25) is 0 Å². The summed E-state index contributed by atoms with van der Waals surface area (Å²) in [5.41, 5.74) is 0.0506. The maximum atomic E-state index is 12.0. The molecule has 0 aliphatic rings. The van der Waals surface area contributed by atoms with Crippen molar-refractivity contribution in [2.24, 2.45) is 0 Å². The van der Waals surface area contributed by atoms with E-state index < -0.39 is 5.41 Å². The highest BCUT2D eigenvalue weighted by Gasteiger charge is 2.34. The number of thiazole rings is 1. The van der Waals surface area contributed by atoms with E-state index in [-0.39, 0.29) is 5.97 Å². The number of rotatable bonds is 4. The molecule has 0 bridgehead atoms. The summed E-state index contributed by atoms with van der Waals surface area (Å²) in [6, 6.07) is 4.02. The second kappa shape index (κ2) is 5.73. The maximum absolute atomic E-state index is 12.0. The average Bonchev–Trinajstić information content (AvgIpc) is 2.97. The van der Waals surface area contributed by atoms with Crippen molar-refractivity contribution in [2.75, 3.05) is 6.61 Å². The summed E-state index contributed by atoms with van der Waals surface area (Å²) in [5.74, 6) is -0.237. The van der Waals surface area contributed by atoms with Crippen LogP contribution >= 0.6 is 38.6 Å². The van der Waals surface area contributed by atoms with Gasteiger partial charge < -0.3 is 4.74 Å². The molecule has 0 saturated heterocycles. The third-order valence-corrected chi connectivity index (χ3v) is 5.35. The molecule has 0 spiro atoms. The molecule has 0 fully saturated rings. The molecular weight excluding hydrogens is 346 g/mol. The van der Waals surface area contributed by atoms with E-state index in [0.29, 0.717) is 6.61 Å². The Bertz CT molecular complexity index is 589. The van der Waals surface area contributed by atoms with E-state index in [1.165, 1.54) is 0 Å². The van der Waals surface area contributed by atoms with Gasteiger partial charge in [-0.2, -0.15) is 0 Å². The Morgan fingerprint density at radius 3 is 2.79 bits per heavy atom. The van der Waals surface area contributed by atoms with Crippen molar-refractivity contribution >= 4 is 44.6 Å². The SMILES string of the molecule is CCOC(=O)C(C)(C)c1csc(-c2ccc(Br)s2)n1. The smallest absolute Gasteiger partial charge is 0.317 e. The lowest BCUT2D eigenvalue weighted by molar-refractivity contribution is -0.148. The number of nitrogens with zero attached hydrogens (tertiary/aromatic N) is 1. The van der Waals surface area contributed by atoms with Crippen molar-refractivity contribution in [2.45, 2.75) is 26.2 Å². The van der Waals surface area contributed by atoms with Crippen LogP contribution in [-0.4, -0.2) is 17.6 Å². The fraction of sp³-hybridized carbons (Fsp3) is 0.385. The number of carbonyl (C=O) groups is 1. The van der Waals surface area contributed by atoms with Crippen molar-refractivity contribution in [3.05, 3.63) is 27.0 Å². The molecule has 0 aromatic carbocycles. The van der Waals surface area contributed by atoms with Gasteiger partial charge in [-0.25, -0.2) is 4.98 Å². The zero-order chi connectivity index (χ0) is 14.0. The van der Waals surface area contributed by atoms with Crippen LogP contribution < -0.4 is 0 Å². The molecule has 0 N–H and O–H groups in total. The Hall–Kier alpha value is -0.720. The fourth-order valence-corrected chi connectivity index (χ4v) is 3.97. The number of esters is 1. The first-order valence-corrected chi connectivity index (χ1v) is 8.33. The fourth-order valence-electron chi connectivity index (χ4n) is 1.52. The first kappa shape index (κ1) is 14.7.